The lowest BCUT2D eigenvalue weighted by Crippen LogP contribution is -2.43. The molecular weight excluding hydrogens is 449 g/mol. The fourth-order valence-electron chi connectivity index (χ4n) is 3.88. The number of piperidine rings is 1. The summed E-state index contributed by atoms with van der Waals surface area (Å²) in [5, 5.41) is 9.26. The largest absolute Gasteiger partial charge is 0.352 e. The summed E-state index contributed by atoms with van der Waals surface area (Å²) in [6.07, 6.45) is 3.64. The maximum absolute atomic E-state index is 13.2. The number of halogens is 2. The number of carbonyl (C=O) groups excluding carboxylic acids is 1. The summed E-state index contributed by atoms with van der Waals surface area (Å²) in [5.74, 6) is -0.293. The lowest BCUT2D eigenvalue weighted by atomic mass is 9.97. The molecule has 0 unspecified atom stereocenters. The number of hydrogen-bond acceptors (Lipinski definition) is 5. The first-order valence-electron chi connectivity index (χ1n) is 10.4. The number of carbonyl (C=O) groups is 1. The minimum Gasteiger partial charge on any atom is -0.352 e. The predicted molar refractivity (Wildman–Crippen MR) is 124 cm³/mol. The molecule has 3 heterocycles. The van der Waals surface area contributed by atoms with E-state index in [-0.39, 0.29) is 17.6 Å². The van der Waals surface area contributed by atoms with Crippen molar-refractivity contribution in [1.82, 2.24) is 19.9 Å². The minimum atomic E-state index is -0.271. The van der Waals surface area contributed by atoms with Gasteiger partial charge in [-0.2, -0.15) is 0 Å². The van der Waals surface area contributed by atoms with Crippen molar-refractivity contribution in [3.8, 4) is 11.3 Å². The molecule has 9 heteroatoms. The highest BCUT2D eigenvalue weighted by molar-refractivity contribution is 7.20. The van der Waals surface area contributed by atoms with Crippen LogP contribution in [0.3, 0.4) is 0 Å². The third-order valence-corrected chi connectivity index (χ3v) is 6.85. The van der Waals surface area contributed by atoms with E-state index in [0.29, 0.717) is 18.1 Å². The van der Waals surface area contributed by atoms with Gasteiger partial charge in [0.2, 0.25) is 16.0 Å². The maximum atomic E-state index is 13.2. The van der Waals surface area contributed by atoms with Gasteiger partial charge in [-0.05, 0) is 54.8 Å². The molecule has 2 aromatic heterocycles. The Morgan fingerprint density at radius 2 is 1.97 bits per heavy atom. The van der Waals surface area contributed by atoms with E-state index in [0.717, 1.165) is 46.3 Å². The number of anilines is 1. The number of rotatable bonds is 5. The highest BCUT2D eigenvalue weighted by atomic mass is 35.5. The zero-order valence-electron chi connectivity index (χ0n) is 17.2. The molecule has 1 saturated heterocycles. The molecular formula is C23H21ClFN5OS. The smallest absolute Gasteiger partial charge is 0.225 e. The van der Waals surface area contributed by atoms with Gasteiger partial charge in [0, 0.05) is 30.2 Å². The second kappa shape index (κ2) is 8.88. The summed E-state index contributed by atoms with van der Waals surface area (Å²) in [6.45, 7) is 1.99. The zero-order chi connectivity index (χ0) is 22.1. The first-order valence-corrected chi connectivity index (χ1v) is 11.6. The maximum Gasteiger partial charge on any atom is 0.225 e. The van der Waals surface area contributed by atoms with Crippen molar-refractivity contribution >= 4 is 38.9 Å². The van der Waals surface area contributed by atoms with E-state index in [1.807, 2.05) is 30.5 Å². The van der Waals surface area contributed by atoms with Gasteiger partial charge in [0.05, 0.1) is 17.8 Å². The molecule has 4 aromatic rings. The van der Waals surface area contributed by atoms with Gasteiger partial charge in [-0.1, -0.05) is 35.1 Å². The van der Waals surface area contributed by atoms with Crippen molar-refractivity contribution in [1.29, 1.82) is 0 Å². The number of amides is 1. The molecule has 2 aromatic carbocycles. The van der Waals surface area contributed by atoms with E-state index in [4.69, 9.17) is 11.6 Å². The molecule has 1 aliphatic rings. The first kappa shape index (κ1) is 20.9. The summed E-state index contributed by atoms with van der Waals surface area (Å²) in [5.41, 5.74) is 2.63. The van der Waals surface area contributed by atoms with Crippen LogP contribution in [0.25, 0.3) is 16.2 Å². The van der Waals surface area contributed by atoms with Gasteiger partial charge in [-0.15, -0.1) is 5.10 Å². The summed E-state index contributed by atoms with van der Waals surface area (Å²) in [6, 6.07) is 13.8. The van der Waals surface area contributed by atoms with Gasteiger partial charge in [-0.25, -0.2) is 13.9 Å². The van der Waals surface area contributed by atoms with Crippen molar-refractivity contribution in [2.75, 3.05) is 18.0 Å². The average molecular weight is 470 g/mol. The topological polar surface area (TPSA) is 62.5 Å². The van der Waals surface area contributed by atoms with Gasteiger partial charge < -0.3 is 10.2 Å². The van der Waals surface area contributed by atoms with Gasteiger partial charge in [0.1, 0.15) is 5.82 Å². The van der Waals surface area contributed by atoms with Gasteiger partial charge in [0.25, 0.3) is 0 Å². The number of aromatic nitrogens is 3. The number of nitrogens with one attached hydrogen (secondary N) is 1. The van der Waals surface area contributed by atoms with E-state index in [1.165, 1.54) is 23.5 Å². The fourth-order valence-corrected chi connectivity index (χ4v) is 4.92. The van der Waals surface area contributed by atoms with E-state index >= 15 is 0 Å². The molecule has 1 aliphatic heterocycles. The monoisotopic (exact) mass is 469 g/mol. The van der Waals surface area contributed by atoms with Crippen molar-refractivity contribution in [2.24, 2.45) is 5.92 Å². The van der Waals surface area contributed by atoms with E-state index in [2.05, 4.69) is 20.3 Å². The molecule has 164 valence electrons. The van der Waals surface area contributed by atoms with Crippen LogP contribution in [-0.4, -0.2) is 33.6 Å². The van der Waals surface area contributed by atoms with E-state index in [1.54, 1.807) is 16.6 Å². The third kappa shape index (κ3) is 4.47. The Hall–Kier alpha value is -2.97. The third-order valence-electron chi connectivity index (χ3n) is 5.62. The van der Waals surface area contributed by atoms with Crippen LogP contribution in [0, 0.1) is 11.7 Å². The van der Waals surface area contributed by atoms with E-state index in [9.17, 15) is 9.18 Å². The number of fused-ring (bicyclic) bond motifs is 1. The van der Waals surface area contributed by atoms with Crippen molar-refractivity contribution < 1.29 is 9.18 Å². The molecule has 0 saturated carbocycles. The van der Waals surface area contributed by atoms with Crippen LogP contribution in [0.4, 0.5) is 9.52 Å². The summed E-state index contributed by atoms with van der Waals surface area (Å²) in [7, 11) is 0. The molecule has 6 nitrogen and oxygen atoms in total. The molecule has 0 aliphatic carbocycles. The lowest BCUT2D eigenvalue weighted by Gasteiger charge is -2.31. The zero-order valence-corrected chi connectivity index (χ0v) is 18.7. The second-order valence-corrected chi connectivity index (χ2v) is 9.25. The number of benzene rings is 2. The number of nitrogens with zero attached hydrogens (tertiary/aromatic N) is 4. The molecule has 0 bridgehead atoms. The Morgan fingerprint density at radius 3 is 2.72 bits per heavy atom. The highest BCUT2D eigenvalue weighted by Gasteiger charge is 2.27. The standard InChI is InChI=1S/C23H21ClFN5OS/c24-18-7-3-15(4-8-18)12-26-21(31)17-2-1-11-29(13-17)23-28-30-14-20(27-22(30)32-23)16-5-9-19(25)10-6-16/h3-10,14,17H,1-2,11-13H2,(H,26,31)/t17-/m1/s1. The van der Waals surface area contributed by atoms with Gasteiger partial charge >= 0.3 is 0 Å². The van der Waals surface area contributed by atoms with Gasteiger partial charge in [0.15, 0.2) is 0 Å². The van der Waals surface area contributed by atoms with Crippen LogP contribution in [0.2, 0.25) is 5.02 Å². The van der Waals surface area contributed by atoms with Crippen LogP contribution in [0.1, 0.15) is 18.4 Å². The highest BCUT2D eigenvalue weighted by Crippen LogP contribution is 2.30. The lowest BCUT2D eigenvalue weighted by molar-refractivity contribution is -0.125. The molecule has 1 N–H and O–H groups in total. The second-order valence-electron chi connectivity index (χ2n) is 7.87. The Bertz CT molecular complexity index is 1210. The van der Waals surface area contributed by atoms with Crippen LogP contribution in [0.15, 0.2) is 54.7 Å². The van der Waals surface area contributed by atoms with Crippen molar-refractivity contribution in [2.45, 2.75) is 19.4 Å². The Morgan fingerprint density at radius 1 is 1.19 bits per heavy atom. The summed E-state index contributed by atoms with van der Waals surface area (Å²) < 4.78 is 14.9. The van der Waals surface area contributed by atoms with Crippen LogP contribution < -0.4 is 10.2 Å². The van der Waals surface area contributed by atoms with Crippen molar-refractivity contribution in [3.05, 3.63) is 71.1 Å². The SMILES string of the molecule is O=C(NCc1ccc(Cl)cc1)[C@@H]1CCCN(c2nn3cc(-c4ccc(F)cc4)nc3s2)C1. The molecule has 1 fully saturated rings. The van der Waals surface area contributed by atoms with Crippen LogP contribution >= 0.6 is 22.9 Å². The Balaban J connectivity index is 1.24. The van der Waals surface area contributed by atoms with Crippen LogP contribution in [0.5, 0.6) is 0 Å². The molecule has 0 radical (unpaired) electrons. The average Bonchev–Trinajstić information content (AvgIpc) is 3.39. The Kier molecular flexibility index (Phi) is 5.80. The summed E-state index contributed by atoms with van der Waals surface area (Å²) >= 11 is 7.42. The first-order chi connectivity index (χ1) is 15.5. The van der Waals surface area contributed by atoms with E-state index < -0.39 is 0 Å². The van der Waals surface area contributed by atoms with Gasteiger partial charge in [-0.3, -0.25) is 4.79 Å². The predicted octanol–water partition coefficient (Wildman–Crippen LogP) is 4.78. The molecule has 1 atom stereocenters. The van der Waals surface area contributed by atoms with Crippen LogP contribution in [-0.2, 0) is 11.3 Å². The minimum absolute atomic E-state index is 0.0598. The van der Waals surface area contributed by atoms with Crippen molar-refractivity contribution in [3.63, 3.8) is 0 Å². The Labute approximate surface area is 193 Å². The molecule has 0 spiro atoms. The quantitative estimate of drug-likeness (QED) is 0.456. The molecule has 32 heavy (non-hydrogen) atoms. The molecule has 5 rings (SSSR count). The fraction of sp³-hybridized carbons (Fsp3) is 0.261. The normalized spacial score (nSPS) is 16.4. The number of imidazole rings is 1. The summed E-state index contributed by atoms with van der Waals surface area (Å²) in [4.78, 5) is 20.3. The number of hydrogen-bond donors (Lipinski definition) is 1. The molecule has 1 amide bonds.